The minimum Gasteiger partial charge on any atom is -0.455 e. The summed E-state index contributed by atoms with van der Waals surface area (Å²) in [5.41, 5.74) is 18.6. The van der Waals surface area contributed by atoms with Gasteiger partial charge in [-0.15, -0.1) is 0 Å². The predicted molar refractivity (Wildman–Crippen MR) is 239 cm³/mol. The number of rotatable bonds is 6. The zero-order valence-corrected chi connectivity index (χ0v) is 32.3. The highest BCUT2D eigenvalue weighted by Crippen LogP contribution is 2.49. The van der Waals surface area contributed by atoms with Gasteiger partial charge in [0, 0.05) is 38.4 Å². The van der Waals surface area contributed by atoms with Crippen LogP contribution in [0, 0.1) is 0 Å². The third-order valence-electron chi connectivity index (χ3n) is 11.9. The highest BCUT2D eigenvalue weighted by molar-refractivity contribution is 6.09. The Bertz CT molecular complexity index is 3180. The van der Waals surface area contributed by atoms with Gasteiger partial charge >= 0.3 is 0 Å². The van der Waals surface area contributed by atoms with E-state index < -0.39 is 0 Å². The van der Waals surface area contributed by atoms with Crippen molar-refractivity contribution in [1.29, 1.82) is 0 Å². The van der Waals surface area contributed by atoms with Crippen LogP contribution in [0.1, 0.15) is 25.0 Å². The van der Waals surface area contributed by atoms with Gasteiger partial charge < -0.3 is 4.42 Å². The Balaban J connectivity index is 1.04. The second kappa shape index (κ2) is 13.4. The van der Waals surface area contributed by atoms with Crippen LogP contribution in [-0.2, 0) is 5.41 Å². The van der Waals surface area contributed by atoms with Crippen LogP contribution in [0.15, 0.2) is 199 Å². The van der Waals surface area contributed by atoms with Gasteiger partial charge in [-0.1, -0.05) is 172 Å². The molecule has 0 saturated carbocycles. The molecule has 0 unspecified atom stereocenters. The van der Waals surface area contributed by atoms with Gasteiger partial charge in [0.25, 0.3) is 0 Å². The molecule has 274 valence electrons. The number of hydrogen-bond acceptors (Lipinski definition) is 3. The summed E-state index contributed by atoms with van der Waals surface area (Å²) >= 11 is 0. The van der Waals surface area contributed by atoms with Crippen LogP contribution in [0.25, 0.3) is 100 Å². The molecule has 58 heavy (non-hydrogen) atoms. The van der Waals surface area contributed by atoms with Crippen LogP contribution < -0.4 is 0 Å². The van der Waals surface area contributed by atoms with Crippen LogP contribution in [0.5, 0.6) is 0 Å². The number of aromatic nitrogens is 2. The van der Waals surface area contributed by atoms with Crippen LogP contribution >= 0.6 is 0 Å². The van der Waals surface area contributed by atoms with Crippen molar-refractivity contribution >= 4 is 21.9 Å². The number of para-hydroxylation sites is 2. The molecule has 1 aliphatic carbocycles. The molecular weight excluding hydrogens is 705 g/mol. The van der Waals surface area contributed by atoms with Crippen LogP contribution in [0.4, 0.5) is 0 Å². The van der Waals surface area contributed by atoms with Gasteiger partial charge in [-0.05, 0) is 86.5 Å². The first-order chi connectivity index (χ1) is 28.5. The number of nitrogens with zero attached hydrogens (tertiary/aromatic N) is 2. The largest absolute Gasteiger partial charge is 0.455 e. The van der Waals surface area contributed by atoms with E-state index in [9.17, 15) is 0 Å². The second-order valence-corrected chi connectivity index (χ2v) is 15.8. The fourth-order valence-electron chi connectivity index (χ4n) is 8.88. The summed E-state index contributed by atoms with van der Waals surface area (Å²) in [6.45, 7) is 4.67. The van der Waals surface area contributed by atoms with Crippen molar-refractivity contribution in [2.45, 2.75) is 19.3 Å². The number of hydrogen-bond donors (Lipinski definition) is 0. The van der Waals surface area contributed by atoms with E-state index in [1.807, 2.05) is 30.3 Å². The molecule has 0 spiro atoms. The summed E-state index contributed by atoms with van der Waals surface area (Å²) in [7, 11) is 0. The maximum Gasteiger partial charge on any atom is 0.160 e. The molecule has 0 radical (unpaired) electrons. The number of furan rings is 1. The average molecular weight is 743 g/mol. The minimum atomic E-state index is -0.0522. The first kappa shape index (κ1) is 33.9. The molecule has 0 atom stereocenters. The highest BCUT2D eigenvalue weighted by Gasteiger charge is 2.35. The molecule has 11 rings (SSSR count). The van der Waals surface area contributed by atoms with E-state index in [0.717, 1.165) is 72.3 Å². The Morgan fingerprint density at radius 1 is 0.362 bits per heavy atom. The van der Waals surface area contributed by atoms with Gasteiger partial charge in [-0.3, -0.25) is 0 Å². The summed E-state index contributed by atoms with van der Waals surface area (Å²) in [6, 6.07) is 68.9. The first-order valence-corrected chi connectivity index (χ1v) is 19.9. The molecule has 8 aromatic carbocycles. The van der Waals surface area contributed by atoms with Crippen molar-refractivity contribution in [2.75, 3.05) is 0 Å². The third-order valence-corrected chi connectivity index (χ3v) is 11.9. The van der Waals surface area contributed by atoms with E-state index in [1.54, 1.807) is 0 Å². The van der Waals surface area contributed by atoms with E-state index in [4.69, 9.17) is 14.4 Å². The Labute approximate surface area is 338 Å². The van der Waals surface area contributed by atoms with Crippen molar-refractivity contribution in [3.8, 4) is 78.4 Å². The summed E-state index contributed by atoms with van der Waals surface area (Å²) in [5.74, 6) is 0.684. The van der Waals surface area contributed by atoms with Crippen LogP contribution in [0.3, 0.4) is 0 Å². The number of fused-ring (bicyclic) bond motifs is 6. The maximum atomic E-state index is 6.55. The minimum absolute atomic E-state index is 0.0522. The molecule has 2 aromatic heterocycles. The molecule has 0 N–H and O–H groups in total. The lowest BCUT2D eigenvalue weighted by molar-refractivity contribution is 0.660. The first-order valence-electron chi connectivity index (χ1n) is 19.9. The quantitative estimate of drug-likeness (QED) is 0.170. The molecule has 0 amide bonds. The van der Waals surface area contributed by atoms with Gasteiger partial charge in [0.1, 0.15) is 11.2 Å². The van der Waals surface area contributed by atoms with Crippen molar-refractivity contribution < 1.29 is 4.42 Å². The molecule has 0 bridgehead atoms. The average Bonchev–Trinajstić information content (AvgIpc) is 3.78. The van der Waals surface area contributed by atoms with Gasteiger partial charge in [0.05, 0.1) is 11.4 Å². The molecule has 3 nitrogen and oxygen atoms in total. The summed E-state index contributed by atoms with van der Waals surface area (Å²) < 4.78 is 6.55. The van der Waals surface area contributed by atoms with Gasteiger partial charge in [0.15, 0.2) is 5.82 Å². The normalized spacial score (nSPS) is 12.8. The van der Waals surface area contributed by atoms with E-state index in [1.165, 1.54) is 33.4 Å². The lowest BCUT2D eigenvalue weighted by atomic mass is 9.81. The molecule has 0 fully saturated rings. The lowest BCUT2D eigenvalue weighted by Gasteiger charge is -2.22. The Morgan fingerprint density at radius 2 is 0.931 bits per heavy atom. The molecule has 10 aromatic rings. The van der Waals surface area contributed by atoms with Gasteiger partial charge in [0.2, 0.25) is 0 Å². The van der Waals surface area contributed by atoms with Crippen molar-refractivity contribution in [1.82, 2.24) is 9.97 Å². The monoisotopic (exact) mass is 742 g/mol. The Morgan fingerprint density at radius 3 is 1.74 bits per heavy atom. The van der Waals surface area contributed by atoms with Crippen molar-refractivity contribution in [3.05, 3.63) is 205 Å². The van der Waals surface area contributed by atoms with Gasteiger partial charge in [-0.25, -0.2) is 9.97 Å². The molecule has 0 aliphatic heterocycles. The predicted octanol–water partition coefficient (Wildman–Crippen LogP) is 14.7. The van der Waals surface area contributed by atoms with E-state index >= 15 is 0 Å². The summed E-state index contributed by atoms with van der Waals surface area (Å²) in [5, 5.41) is 2.22. The van der Waals surface area contributed by atoms with Gasteiger partial charge in [-0.2, -0.15) is 0 Å². The maximum absolute atomic E-state index is 6.55. The smallest absolute Gasteiger partial charge is 0.160 e. The second-order valence-electron chi connectivity index (χ2n) is 15.8. The molecule has 0 saturated heterocycles. The van der Waals surface area contributed by atoms with E-state index in [2.05, 4.69) is 178 Å². The van der Waals surface area contributed by atoms with Crippen LogP contribution in [-0.4, -0.2) is 9.97 Å². The zero-order valence-electron chi connectivity index (χ0n) is 32.3. The number of benzene rings is 8. The Hall–Kier alpha value is -7.36. The Kier molecular flexibility index (Phi) is 7.84. The summed E-state index contributed by atoms with van der Waals surface area (Å²) in [6.07, 6.45) is 0. The SMILES string of the molecule is CC1(C)c2ccccc2-c2ccc(-c3ccc(-c4cc(-c5cc(-c6ccccc6)cc(-c6cccc7c6oc6ccccc67)c5)nc(-c5ccccc5)n4)cc3)cc21. The molecular formula is C55H38N2O. The fraction of sp³-hybridized carbons (Fsp3) is 0.0545. The fourth-order valence-corrected chi connectivity index (χ4v) is 8.88. The zero-order chi connectivity index (χ0) is 38.8. The highest BCUT2D eigenvalue weighted by atomic mass is 16.3. The third kappa shape index (κ3) is 5.66. The lowest BCUT2D eigenvalue weighted by Crippen LogP contribution is -2.14. The molecule has 1 aliphatic rings. The van der Waals surface area contributed by atoms with Crippen molar-refractivity contribution in [3.63, 3.8) is 0 Å². The van der Waals surface area contributed by atoms with Crippen LogP contribution in [0.2, 0.25) is 0 Å². The van der Waals surface area contributed by atoms with Crippen molar-refractivity contribution in [2.24, 2.45) is 0 Å². The summed E-state index contributed by atoms with van der Waals surface area (Å²) in [4.78, 5) is 10.5. The topological polar surface area (TPSA) is 38.9 Å². The van der Waals surface area contributed by atoms with E-state index in [0.29, 0.717) is 5.82 Å². The standard InChI is InChI=1S/C55H38N2O/c1-55(2)48-22-11-9-18-44(48)45-29-28-39(33-49(45)55)36-24-26-37(27-25-36)50-34-51(57-54(56-50)38-16-7-4-8-17-38)42-31-40(35-14-5-3-6-15-35)30-41(32-42)43-20-13-21-47-46-19-10-12-23-52(46)58-53(43)47/h3-34H,1-2H3. The molecule has 2 heterocycles. The molecule has 3 heteroatoms. The van der Waals surface area contributed by atoms with E-state index in [-0.39, 0.29) is 5.41 Å².